The summed E-state index contributed by atoms with van der Waals surface area (Å²) in [5.41, 5.74) is 14.4. The first kappa shape index (κ1) is 31.3. The molecule has 1 aliphatic carbocycles. The first-order valence-electron chi connectivity index (χ1n) is 18.6. The predicted molar refractivity (Wildman–Crippen MR) is 222 cm³/mol. The molecular weight excluding hydrogens is 673 g/mol. The molecule has 0 fully saturated rings. The number of furan rings is 1. The first-order chi connectivity index (χ1) is 27.0. The highest BCUT2D eigenvalue weighted by atomic mass is 16.3. The van der Waals surface area contributed by atoms with Crippen molar-refractivity contribution in [2.45, 2.75) is 19.3 Å². The second-order valence-corrected chi connectivity index (χ2v) is 14.9. The smallest absolute Gasteiger partial charge is 0.160 e. The Hall–Kier alpha value is -7.29. The van der Waals surface area contributed by atoms with Gasteiger partial charge in [0.05, 0.1) is 22.4 Å². The van der Waals surface area contributed by atoms with Gasteiger partial charge in [-0.3, -0.25) is 0 Å². The Morgan fingerprint density at radius 3 is 1.96 bits per heavy atom. The van der Waals surface area contributed by atoms with E-state index in [1.54, 1.807) is 0 Å². The number of aromatic nitrogens is 3. The molecule has 7 aromatic carbocycles. The van der Waals surface area contributed by atoms with Crippen LogP contribution in [0.3, 0.4) is 0 Å². The number of rotatable bonds is 4. The van der Waals surface area contributed by atoms with Gasteiger partial charge in [0.1, 0.15) is 22.8 Å². The molecule has 3 heterocycles. The summed E-state index contributed by atoms with van der Waals surface area (Å²) in [6, 6.07) is 57.1. The highest BCUT2D eigenvalue weighted by Gasteiger charge is 2.36. The van der Waals surface area contributed by atoms with Gasteiger partial charge in [-0.25, -0.2) is 9.97 Å². The molecule has 0 spiro atoms. The molecule has 0 radical (unpaired) electrons. The van der Waals surface area contributed by atoms with Crippen LogP contribution in [-0.2, 0) is 5.41 Å². The fourth-order valence-corrected chi connectivity index (χ4v) is 8.79. The highest BCUT2D eigenvalue weighted by Crippen LogP contribution is 2.51. The third kappa shape index (κ3) is 4.58. The molecule has 10 aromatic rings. The number of hydrogen-bond donors (Lipinski definition) is 0. The van der Waals surface area contributed by atoms with Crippen LogP contribution < -0.4 is 0 Å². The monoisotopic (exact) mass is 704 g/mol. The summed E-state index contributed by atoms with van der Waals surface area (Å²) < 4.78 is 8.94. The molecule has 0 saturated carbocycles. The number of para-hydroxylation sites is 1. The van der Waals surface area contributed by atoms with E-state index in [4.69, 9.17) is 14.4 Å². The van der Waals surface area contributed by atoms with Crippen molar-refractivity contribution >= 4 is 43.7 Å². The summed E-state index contributed by atoms with van der Waals surface area (Å²) in [7, 11) is 0. The minimum Gasteiger partial charge on any atom is -0.456 e. The molecule has 0 bridgehead atoms. The molecule has 55 heavy (non-hydrogen) atoms. The largest absolute Gasteiger partial charge is 0.456 e. The molecule has 0 amide bonds. The zero-order valence-corrected chi connectivity index (χ0v) is 30.2. The van der Waals surface area contributed by atoms with E-state index in [0.29, 0.717) is 22.8 Å². The van der Waals surface area contributed by atoms with E-state index in [1.807, 2.05) is 66.7 Å². The molecule has 0 saturated heterocycles. The molecule has 5 nitrogen and oxygen atoms in total. The Labute approximate surface area is 317 Å². The summed E-state index contributed by atoms with van der Waals surface area (Å²) in [5, 5.41) is 14.9. The second kappa shape index (κ2) is 11.6. The zero-order valence-electron chi connectivity index (χ0n) is 30.2. The maximum Gasteiger partial charge on any atom is 0.160 e. The normalized spacial score (nSPS) is 13.0. The minimum absolute atomic E-state index is 0.105. The molecule has 0 unspecified atom stereocenters. The maximum atomic E-state index is 10.4. The molecule has 5 heteroatoms. The van der Waals surface area contributed by atoms with Gasteiger partial charge in [-0.05, 0) is 70.8 Å². The maximum absolute atomic E-state index is 10.4. The quantitative estimate of drug-likeness (QED) is 0.183. The number of fused-ring (bicyclic) bond motifs is 9. The van der Waals surface area contributed by atoms with E-state index in [2.05, 4.69) is 115 Å². The number of nitrogens with zero attached hydrogens (tertiary/aromatic N) is 4. The Balaban J connectivity index is 1.08. The van der Waals surface area contributed by atoms with Gasteiger partial charge in [-0.1, -0.05) is 123 Å². The van der Waals surface area contributed by atoms with Crippen LogP contribution in [0.5, 0.6) is 0 Å². The SMILES string of the molecule is CC1(C)c2ccccc2-c2cc3c4ccccc4n(-c4ccc5oc6cc(-c7nc(-c8ccccc8)c(C#N)c(-c8ccccc8)n7)ccc6c5c4)c3cc21. The number of nitriles is 1. The lowest BCUT2D eigenvalue weighted by Gasteiger charge is -2.21. The van der Waals surface area contributed by atoms with Gasteiger partial charge in [-0.2, -0.15) is 5.26 Å². The van der Waals surface area contributed by atoms with Crippen LogP contribution in [-0.4, -0.2) is 14.5 Å². The van der Waals surface area contributed by atoms with Crippen molar-refractivity contribution in [3.8, 4) is 56.8 Å². The predicted octanol–water partition coefficient (Wildman–Crippen LogP) is 12.7. The number of benzene rings is 7. The molecule has 11 rings (SSSR count). The van der Waals surface area contributed by atoms with Gasteiger partial charge in [0.15, 0.2) is 5.82 Å². The van der Waals surface area contributed by atoms with Gasteiger partial charge in [0, 0.05) is 49.3 Å². The Bertz CT molecular complexity index is 3180. The van der Waals surface area contributed by atoms with Crippen molar-refractivity contribution in [3.05, 3.63) is 174 Å². The van der Waals surface area contributed by atoms with Crippen LogP contribution in [0.2, 0.25) is 0 Å². The van der Waals surface area contributed by atoms with Crippen molar-refractivity contribution in [1.82, 2.24) is 14.5 Å². The lowest BCUT2D eigenvalue weighted by atomic mass is 9.82. The highest BCUT2D eigenvalue weighted by molar-refractivity contribution is 6.12. The molecule has 258 valence electrons. The average molecular weight is 705 g/mol. The lowest BCUT2D eigenvalue weighted by Crippen LogP contribution is -2.14. The van der Waals surface area contributed by atoms with Crippen LogP contribution in [0.4, 0.5) is 0 Å². The molecule has 1 aliphatic rings. The second-order valence-electron chi connectivity index (χ2n) is 14.9. The fraction of sp³-hybridized carbons (Fsp3) is 0.0600. The third-order valence-electron chi connectivity index (χ3n) is 11.5. The summed E-state index contributed by atoms with van der Waals surface area (Å²) in [6.45, 7) is 4.67. The van der Waals surface area contributed by atoms with Gasteiger partial charge >= 0.3 is 0 Å². The Morgan fingerprint density at radius 1 is 0.527 bits per heavy atom. The summed E-state index contributed by atoms with van der Waals surface area (Å²) in [6.07, 6.45) is 0. The van der Waals surface area contributed by atoms with Crippen LogP contribution >= 0.6 is 0 Å². The Morgan fingerprint density at radius 2 is 1.22 bits per heavy atom. The summed E-state index contributed by atoms with van der Waals surface area (Å²) in [4.78, 5) is 10.0. The van der Waals surface area contributed by atoms with Crippen molar-refractivity contribution in [2.24, 2.45) is 0 Å². The van der Waals surface area contributed by atoms with E-state index in [9.17, 15) is 5.26 Å². The average Bonchev–Trinajstić information content (AvgIpc) is 3.84. The van der Waals surface area contributed by atoms with E-state index < -0.39 is 0 Å². The van der Waals surface area contributed by atoms with Crippen LogP contribution in [0.15, 0.2) is 162 Å². The van der Waals surface area contributed by atoms with Crippen LogP contribution in [0.25, 0.3) is 94.5 Å². The van der Waals surface area contributed by atoms with E-state index in [1.165, 1.54) is 44.1 Å². The van der Waals surface area contributed by atoms with Crippen LogP contribution in [0.1, 0.15) is 30.5 Å². The molecule has 3 aromatic heterocycles. The van der Waals surface area contributed by atoms with Gasteiger partial charge in [0.25, 0.3) is 0 Å². The third-order valence-corrected chi connectivity index (χ3v) is 11.5. The van der Waals surface area contributed by atoms with Crippen molar-refractivity contribution < 1.29 is 4.42 Å². The number of hydrogen-bond acceptors (Lipinski definition) is 4. The minimum atomic E-state index is -0.105. The summed E-state index contributed by atoms with van der Waals surface area (Å²) in [5.74, 6) is 0.530. The molecular formula is C50H32N4O. The van der Waals surface area contributed by atoms with Crippen LogP contribution in [0, 0.1) is 11.3 Å². The standard InChI is InChI=1S/C50H32N4O/c1-50(2)41-19-11-9-17-34(41)37-27-38-35-18-10-12-20-43(35)54(44(38)28-42(37)50)33-22-24-45-39(26-33)36-23-21-32(25-46(36)55-45)49-52-47(30-13-5-3-6-14-30)40(29-51)48(53-49)31-15-7-4-8-16-31/h3-28H,1-2H3. The van der Waals surface area contributed by atoms with Gasteiger partial charge < -0.3 is 8.98 Å². The first-order valence-corrected chi connectivity index (χ1v) is 18.6. The van der Waals surface area contributed by atoms with Crippen molar-refractivity contribution in [2.75, 3.05) is 0 Å². The van der Waals surface area contributed by atoms with Crippen molar-refractivity contribution in [1.29, 1.82) is 5.26 Å². The van der Waals surface area contributed by atoms with E-state index >= 15 is 0 Å². The Kier molecular flexibility index (Phi) is 6.59. The zero-order chi connectivity index (χ0) is 36.8. The van der Waals surface area contributed by atoms with E-state index in [0.717, 1.165) is 44.3 Å². The van der Waals surface area contributed by atoms with Gasteiger partial charge in [-0.15, -0.1) is 0 Å². The topological polar surface area (TPSA) is 67.6 Å². The van der Waals surface area contributed by atoms with Crippen molar-refractivity contribution in [3.63, 3.8) is 0 Å². The summed E-state index contributed by atoms with van der Waals surface area (Å²) >= 11 is 0. The fourth-order valence-electron chi connectivity index (χ4n) is 8.79. The molecule has 0 aliphatic heterocycles. The molecule has 0 N–H and O–H groups in total. The lowest BCUT2D eigenvalue weighted by molar-refractivity contribution is 0.661. The molecule has 0 atom stereocenters. The van der Waals surface area contributed by atoms with Gasteiger partial charge in [0.2, 0.25) is 0 Å². The van der Waals surface area contributed by atoms with E-state index in [-0.39, 0.29) is 5.41 Å².